The fourth-order valence-corrected chi connectivity index (χ4v) is 3.67. The van der Waals surface area contributed by atoms with Gasteiger partial charge in [0.1, 0.15) is 12.4 Å². The monoisotopic (exact) mass is 378 g/mol. The van der Waals surface area contributed by atoms with Gasteiger partial charge in [-0.25, -0.2) is 9.37 Å². The number of pyridine rings is 1. The Hall–Kier alpha value is -3.15. The van der Waals surface area contributed by atoms with Gasteiger partial charge in [0.15, 0.2) is 11.4 Å². The summed E-state index contributed by atoms with van der Waals surface area (Å²) in [4.78, 5) is 4.72. The van der Waals surface area contributed by atoms with Gasteiger partial charge in [-0.05, 0) is 44.0 Å². The van der Waals surface area contributed by atoms with Crippen LogP contribution in [0.3, 0.4) is 0 Å². The van der Waals surface area contributed by atoms with E-state index < -0.39 is 0 Å². The molecule has 0 aliphatic rings. The van der Waals surface area contributed by atoms with Gasteiger partial charge in [-0.3, -0.25) is 9.08 Å². The lowest BCUT2D eigenvalue weighted by molar-refractivity contribution is 0.300. The number of imidazole rings is 1. The second-order valence-electron chi connectivity index (χ2n) is 6.93. The van der Waals surface area contributed by atoms with Crippen molar-refractivity contribution in [2.24, 2.45) is 7.05 Å². The van der Waals surface area contributed by atoms with Crippen LogP contribution in [0, 0.1) is 19.7 Å². The second-order valence-corrected chi connectivity index (χ2v) is 6.93. The molecule has 0 saturated carbocycles. The first-order valence-electron chi connectivity index (χ1n) is 9.37. The molecule has 0 aliphatic carbocycles. The van der Waals surface area contributed by atoms with Crippen molar-refractivity contribution in [2.45, 2.75) is 33.8 Å². The topological polar surface area (TPSA) is 44.4 Å². The minimum atomic E-state index is -0.238. The molecule has 0 saturated heterocycles. The average molecular weight is 378 g/mol. The van der Waals surface area contributed by atoms with Crippen LogP contribution in [0.2, 0.25) is 0 Å². The Bertz CT molecular complexity index is 1160. The second kappa shape index (κ2) is 7.11. The number of nitrogens with zero attached hydrogens (tertiary/aromatic N) is 4. The van der Waals surface area contributed by atoms with Crippen molar-refractivity contribution in [2.75, 3.05) is 0 Å². The lowest BCUT2D eigenvalue weighted by Gasteiger charge is -2.12. The van der Waals surface area contributed by atoms with Crippen molar-refractivity contribution in [1.29, 1.82) is 0 Å². The smallest absolute Gasteiger partial charge is 0.180 e. The maximum absolute atomic E-state index is 14.3. The summed E-state index contributed by atoms with van der Waals surface area (Å²) < 4.78 is 24.1. The van der Waals surface area contributed by atoms with E-state index in [4.69, 9.17) is 9.72 Å². The molecule has 0 atom stereocenters. The maximum Gasteiger partial charge on any atom is 0.180 e. The SMILES string of the molecule is CCc1cccc(F)c1COc1cccn2c(-c3cn(C)nc3C)c(C)nc12. The van der Waals surface area contributed by atoms with E-state index in [0.29, 0.717) is 17.0 Å². The quantitative estimate of drug-likeness (QED) is 0.508. The van der Waals surface area contributed by atoms with Crippen LogP contribution in [0.1, 0.15) is 29.4 Å². The van der Waals surface area contributed by atoms with Crippen molar-refractivity contribution in [3.05, 3.63) is 71.1 Å². The molecule has 6 heteroatoms. The summed E-state index contributed by atoms with van der Waals surface area (Å²) in [6.45, 7) is 6.14. The number of rotatable bonds is 5. The first-order valence-corrected chi connectivity index (χ1v) is 9.37. The third-order valence-corrected chi connectivity index (χ3v) is 5.03. The predicted molar refractivity (Wildman–Crippen MR) is 107 cm³/mol. The third kappa shape index (κ3) is 3.05. The minimum Gasteiger partial charge on any atom is -0.485 e. The molecule has 0 unspecified atom stereocenters. The molecule has 0 spiro atoms. The Morgan fingerprint density at radius 3 is 2.64 bits per heavy atom. The number of halogens is 1. The predicted octanol–water partition coefficient (Wildman–Crippen LogP) is 4.63. The highest BCUT2D eigenvalue weighted by Gasteiger charge is 2.18. The molecule has 4 rings (SSSR count). The normalized spacial score (nSPS) is 11.3. The van der Waals surface area contributed by atoms with Crippen LogP contribution in [0.25, 0.3) is 16.9 Å². The molecule has 0 radical (unpaired) electrons. The molecule has 0 aliphatic heterocycles. The molecule has 28 heavy (non-hydrogen) atoms. The van der Waals surface area contributed by atoms with E-state index in [1.807, 2.05) is 62.8 Å². The van der Waals surface area contributed by atoms with Crippen LogP contribution in [0.4, 0.5) is 4.39 Å². The number of benzene rings is 1. The molecule has 144 valence electrons. The van der Waals surface area contributed by atoms with Crippen LogP contribution in [-0.4, -0.2) is 19.2 Å². The highest BCUT2D eigenvalue weighted by molar-refractivity contribution is 5.71. The Labute approximate surface area is 163 Å². The number of aryl methyl sites for hydroxylation is 4. The standard InChI is InChI=1S/C22H23FN4O/c1-5-16-8-6-9-19(23)18(16)13-28-20-10-7-11-27-21(15(3)24-22(20)27)17-12-26(4)25-14(17)2/h6-12H,5,13H2,1-4H3. The zero-order valence-corrected chi connectivity index (χ0v) is 16.5. The third-order valence-electron chi connectivity index (χ3n) is 5.03. The van der Waals surface area contributed by atoms with E-state index in [1.165, 1.54) is 6.07 Å². The molecule has 5 nitrogen and oxygen atoms in total. The lowest BCUT2D eigenvalue weighted by atomic mass is 10.1. The molecular formula is C22H23FN4O. The summed E-state index contributed by atoms with van der Waals surface area (Å²) in [5.74, 6) is 0.390. The fourth-order valence-electron chi connectivity index (χ4n) is 3.67. The van der Waals surface area contributed by atoms with Crippen LogP contribution < -0.4 is 4.74 Å². The van der Waals surface area contributed by atoms with E-state index in [9.17, 15) is 4.39 Å². The van der Waals surface area contributed by atoms with Gasteiger partial charge in [0.05, 0.1) is 17.1 Å². The van der Waals surface area contributed by atoms with Crippen molar-refractivity contribution in [3.8, 4) is 17.0 Å². The fraction of sp³-hybridized carbons (Fsp3) is 0.273. The Balaban J connectivity index is 1.74. The molecule has 4 aromatic rings. The molecule has 1 aromatic carbocycles. The van der Waals surface area contributed by atoms with Crippen molar-refractivity contribution < 1.29 is 9.13 Å². The zero-order chi connectivity index (χ0) is 19.8. The van der Waals surface area contributed by atoms with Crippen LogP contribution >= 0.6 is 0 Å². The van der Waals surface area contributed by atoms with Gasteiger partial charge < -0.3 is 4.74 Å². The van der Waals surface area contributed by atoms with Gasteiger partial charge in [-0.15, -0.1) is 0 Å². The van der Waals surface area contributed by atoms with Crippen molar-refractivity contribution >= 4 is 5.65 Å². The van der Waals surface area contributed by atoms with E-state index >= 15 is 0 Å². The van der Waals surface area contributed by atoms with Gasteiger partial charge in [-0.1, -0.05) is 19.1 Å². The summed E-state index contributed by atoms with van der Waals surface area (Å²) in [7, 11) is 1.91. The Morgan fingerprint density at radius 1 is 1.11 bits per heavy atom. The Morgan fingerprint density at radius 2 is 1.93 bits per heavy atom. The summed E-state index contributed by atoms with van der Waals surface area (Å²) in [6, 6.07) is 8.93. The number of ether oxygens (including phenoxy) is 1. The van der Waals surface area contributed by atoms with Crippen molar-refractivity contribution in [1.82, 2.24) is 19.2 Å². The summed E-state index contributed by atoms with van der Waals surface area (Å²) in [5.41, 5.74) is 6.13. The largest absolute Gasteiger partial charge is 0.485 e. The summed E-state index contributed by atoms with van der Waals surface area (Å²) >= 11 is 0. The van der Waals surface area contributed by atoms with Crippen LogP contribution in [0.5, 0.6) is 5.75 Å². The Kier molecular flexibility index (Phi) is 4.63. The number of hydrogen-bond donors (Lipinski definition) is 0. The van der Waals surface area contributed by atoms with Crippen molar-refractivity contribution in [3.63, 3.8) is 0 Å². The lowest BCUT2D eigenvalue weighted by Crippen LogP contribution is -2.04. The molecular weight excluding hydrogens is 355 g/mol. The van der Waals surface area contributed by atoms with Gasteiger partial charge in [0.25, 0.3) is 0 Å². The highest BCUT2D eigenvalue weighted by Crippen LogP contribution is 2.31. The molecule has 0 N–H and O–H groups in total. The number of fused-ring (bicyclic) bond motifs is 1. The molecule has 0 amide bonds. The van der Waals surface area contributed by atoms with Gasteiger partial charge in [0, 0.05) is 30.6 Å². The first-order chi connectivity index (χ1) is 13.5. The number of aromatic nitrogens is 4. The average Bonchev–Trinajstić information content (AvgIpc) is 3.17. The summed E-state index contributed by atoms with van der Waals surface area (Å²) in [5, 5.41) is 4.44. The van der Waals surface area contributed by atoms with Crippen LogP contribution in [-0.2, 0) is 20.1 Å². The zero-order valence-electron chi connectivity index (χ0n) is 16.5. The first kappa shape index (κ1) is 18.2. The van der Waals surface area contributed by atoms with E-state index in [-0.39, 0.29) is 12.4 Å². The highest BCUT2D eigenvalue weighted by atomic mass is 19.1. The van der Waals surface area contributed by atoms with E-state index in [0.717, 1.165) is 34.6 Å². The minimum absolute atomic E-state index is 0.169. The molecule has 0 fully saturated rings. The maximum atomic E-state index is 14.3. The van der Waals surface area contributed by atoms with Gasteiger partial charge in [-0.2, -0.15) is 5.10 Å². The molecule has 3 heterocycles. The van der Waals surface area contributed by atoms with E-state index in [2.05, 4.69) is 5.10 Å². The number of hydrogen-bond acceptors (Lipinski definition) is 3. The van der Waals surface area contributed by atoms with Gasteiger partial charge in [0.2, 0.25) is 0 Å². The summed E-state index contributed by atoms with van der Waals surface area (Å²) in [6.07, 6.45) is 4.71. The van der Waals surface area contributed by atoms with E-state index in [1.54, 1.807) is 10.7 Å². The molecule has 0 bridgehead atoms. The molecule has 3 aromatic heterocycles. The van der Waals surface area contributed by atoms with Crippen LogP contribution in [0.15, 0.2) is 42.7 Å². The van der Waals surface area contributed by atoms with Gasteiger partial charge >= 0.3 is 0 Å².